The van der Waals surface area contributed by atoms with Crippen molar-refractivity contribution in [1.82, 2.24) is 14.4 Å². The lowest BCUT2D eigenvalue weighted by molar-refractivity contribution is -0.114. The number of ether oxygens (including phenoxy) is 1. The lowest BCUT2D eigenvalue weighted by atomic mass is 10.2. The van der Waals surface area contributed by atoms with Gasteiger partial charge in [-0.15, -0.1) is 0 Å². The maximum atomic E-state index is 12.7. The van der Waals surface area contributed by atoms with Gasteiger partial charge < -0.3 is 14.6 Å². The van der Waals surface area contributed by atoms with Crippen LogP contribution in [0.5, 0.6) is 0 Å². The molecule has 1 saturated heterocycles. The Balaban J connectivity index is 1.51. The molecule has 3 aromatic rings. The first-order chi connectivity index (χ1) is 14.4. The molecule has 30 heavy (non-hydrogen) atoms. The van der Waals surface area contributed by atoms with E-state index >= 15 is 0 Å². The fraction of sp³-hybridized carbons (Fsp3) is 0.250. The van der Waals surface area contributed by atoms with E-state index < -0.39 is 10.0 Å². The molecule has 2 aromatic carbocycles. The van der Waals surface area contributed by atoms with Gasteiger partial charge in [-0.3, -0.25) is 4.79 Å². The highest BCUT2D eigenvalue weighted by Gasteiger charge is 2.26. The first-order valence-corrected chi connectivity index (χ1v) is 10.8. The molecule has 10 heteroatoms. The summed E-state index contributed by atoms with van der Waals surface area (Å²) >= 11 is 0. The van der Waals surface area contributed by atoms with Crippen LogP contribution in [0.1, 0.15) is 6.92 Å². The molecular weight excluding hydrogens is 408 g/mol. The maximum absolute atomic E-state index is 12.7. The average molecular weight is 428 g/mol. The van der Waals surface area contributed by atoms with Crippen LogP contribution < -0.4 is 5.32 Å². The molecule has 2 heterocycles. The number of carbonyl (C=O) groups is 1. The quantitative estimate of drug-likeness (QED) is 0.663. The molecular formula is C20H20N4O5S. The van der Waals surface area contributed by atoms with Crippen molar-refractivity contribution in [3.05, 3.63) is 48.5 Å². The van der Waals surface area contributed by atoms with E-state index in [1.54, 1.807) is 48.5 Å². The number of aromatic nitrogens is 2. The summed E-state index contributed by atoms with van der Waals surface area (Å²) < 4.78 is 37.4. The molecule has 9 nitrogen and oxygen atoms in total. The predicted molar refractivity (Wildman–Crippen MR) is 109 cm³/mol. The van der Waals surface area contributed by atoms with Crippen molar-refractivity contribution in [2.24, 2.45) is 0 Å². The molecule has 156 valence electrons. The maximum Gasteiger partial charge on any atom is 0.258 e. The molecule has 4 rings (SSSR count). The number of morpholine rings is 1. The number of benzene rings is 2. The smallest absolute Gasteiger partial charge is 0.258 e. The summed E-state index contributed by atoms with van der Waals surface area (Å²) in [7, 11) is -3.55. The highest BCUT2D eigenvalue weighted by atomic mass is 32.2. The van der Waals surface area contributed by atoms with Crippen molar-refractivity contribution in [2.75, 3.05) is 31.6 Å². The van der Waals surface area contributed by atoms with E-state index in [1.807, 2.05) is 0 Å². The van der Waals surface area contributed by atoms with Gasteiger partial charge in [0.25, 0.3) is 5.89 Å². The van der Waals surface area contributed by atoms with Crippen LogP contribution in [0.15, 0.2) is 57.9 Å². The number of sulfonamides is 1. The van der Waals surface area contributed by atoms with Gasteiger partial charge in [-0.2, -0.15) is 9.29 Å². The van der Waals surface area contributed by atoms with Crippen molar-refractivity contribution in [2.45, 2.75) is 11.8 Å². The summed E-state index contributed by atoms with van der Waals surface area (Å²) in [6, 6.07) is 13.4. The van der Waals surface area contributed by atoms with Crippen LogP contribution in [0.3, 0.4) is 0 Å². The minimum absolute atomic E-state index is 0.151. The van der Waals surface area contributed by atoms with Crippen LogP contribution in [-0.2, 0) is 19.6 Å². The number of nitrogens with one attached hydrogen (secondary N) is 1. The topological polar surface area (TPSA) is 115 Å². The Morgan fingerprint density at radius 2 is 1.63 bits per heavy atom. The van der Waals surface area contributed by atoms with Crippen LogP contribution in [0.25, 0.3) is 22.8 Å². The zero-order valence-electron chi connectivity index (χ0n) is 16.2. The molecule has 1 N–H and O–H groups in total. The normalized spacial score (nSPS) is 15.1. The minimum atomic E-state index is -3.55. The summed E-state index contributed by atoms with van der Waals surface area (Å²) in [5, 5.41) is 6.67. The molecule has 0 aliphatic carbocycles. The molecule has 1 aliphatic heterocycles. The Morgan fingerprint density at radius 3 is 2.27 bits per heavy atom. The van der Waals surface area contributed by atoms with Crippen molar-refractivity contribution < 1.29 is 22.5 Å². The minimum Gasteiger partial charge on any atom is -0.379 e. The second kappa shape index (κ2) is 8.34. The zero-order valence-corrected chi connectivity index (χ0v) is 17.1. The fourth-order valence-electron chi connectivity index (χ4n) is 3.07. The van der Waals surface area contributed by atoms with Gasteiger partial charge in [0.05, 0.1) is 18.1 Å². The number of rotatable bonds is 5. The van der Waals surface area contributed by atoms with E-state index in [9.17, 15) is 13.2 Å². The third-order valence-electron chi connectivity index (χ3n) is 4.60. The van der Waals surface area contributed by atoms with Gasteiger partial charge in [0.1, 0.15) is 0 Å². The monoisotopic (exact) mass is 428 g/mol. The highest BCUT2D eigenvalue weighted by Crippen LogP contribution is 2.25. The lowest BCUT2D eigenvalue weighted by Crippen LogP contribution is -2.40. The van der Waals surface area contributed by atoms with Gasteiger partial charge in [0, 0.05) is 36.8 Å². The second-order valence-corrected chi connectivity index (χ2v) is 8.66. The summed E-state index contributed by atoms with van der Waals surface area (Å²) in [5.74, 6) is 0.526. The molecule has 1 fully saturated rings. The molecule has 0 radical (unpaired) electrons. The van der Waals surface area contributed by atoms with Crippen molar-refractivity contribution >= 4 is 21.6 Å². The van der Waals surface area contributed by atoms with Crippen LogP contribution >= 0.6 is 0 Å². The molecule has 0 saturated carbocycles. The van der Waals surface area contributed by atoms with Gasteiger partial charge in [-0.1, -0.05) is 5.16 Å². The number of hydrogen-bond donors (Lipinski definition) is 1. The standard InChI is InChI=1S/C20H20N4O5S/c1-14(25)21-17-6-2-16(3-7-17)20-22-19(23-29-20)15-4-8-18(9-5-15)30(26,27)24-10-12-28-13-11-24/h2-9H,10-13H2,1H3,(H,21,25). The average Bonchev–Trinajstić information content (AvgIpc) is 3.25. The number of nitrogens with zero attached hydrogens (tertiary/aromatic N) is 3. The summed E-state index contributed by atoms with van der Waals surface area (Å²) in [4.78, 5) is 15.7. The Labute approximate surface area is 173 Å². The number of amides is 1. The number of carbonyl (C=O) groups excluding carboxylic acids is 1. The Bertz CT molecular complexity index is 1130. The van der Waals surface area contributed by atoms with Crippen molar-refractivity contribution in [1.29, 1.82) is 0 Å². The Morgan fingerprint density at radius 1 is 1.00 bits per heavy atom. The lowest BCUT2D eigenvalue weighted by Gasteiger charge is -2.26. The van der Waals surface area contributed by atoms with Crippen LogP contribution in [0.2, 0.25) is 0 Å². The molecule has 0 atom stereocenters. The number of hydrogen-bond acceptors (Lipinski definition) is 7. The number of anilines is 1. The third kappa shape index (κ3) is 4.25. The SMILES string of the molecule is CC(=O)Nc1ccc(-c2nc(-c3ccc(S(=O)(=O)N4CCOCC4)cc3)no2)cc1. The van der Waals surface area contributed by atoms with E-state index in [-0.39, 0.29) is 10.8 Å². The zero-order chi connectivity index (χ0) is 21.1. The largest absolute Gasteiger partial charge is 0.379 e. The van der Waals surface area contributed by atoms with E-state index in [0.29, 0.717) is 54.8 Å². The molecule has 1 aromatic heterocycles. The van der Waals surface area contributed by atoms with Gasteiger partial charge in [-0.25, -0.2) is 8.42 Å². The third-order valence-corrected chi connectivity index (χ3v) is 6.51. The Kier molecular flexibility index (Phi) is 5.62. The van der Waals surface area contributed by atoms with Gasteiger partial charge in [0.15, 0.2) is 0 Å². The summed E-state index contributed by atoms with van der Waals surface area (Å²) in [6.07, 6.45) is 0. The van der Waals surface area contributed by atoms with Crippen molar-refractivity contribution in [3.8, 4) is 22.8 Å². The first kappa shape index (κ1) is 20.2. The predicted octanol–water partition coefficient (Wildman–Crippen LogP) is 2.38. The van der Waals surface area contributed by atoms with Crippen LogP contribution in [0, 0.1) is 0 Å². The molecule has 1 amide bonds. The van der Waals surface area contributed by atoms with Gasteiger partial charge >= 0.3 is 0 Å². The molecule has 0 unspecified atom stereocenters. The Hall–Kier alpha value is -3.08. The van der Waals surface area contributed by atoms with E-state index in [4.69, 9.17) is 9.26 Å². The summed E-state index contributed by atoms with van der Waals surface area (Å²) in [6.45, 7) is 2.93. The molecule has 0 bridgehead atoms. The van der Waals surface area contributed by atoms with E-state index in [1.165, 1.54) is 11.2 Å². The van der Waals surface area contributed by atoms with Crippen molar-refractivity contribution in [3.63, 3.8) is 0 Å². The molecule has 0 spiro atoms. The highest BCUT2D eigenvalue weighted by molar-refractivity contribution is 7.89. The summed E-state index contributed by atoms with van der Waals surface area (Å²) in [5.41, 5.74) is 2.01. The fourth-order valence-corrected chi connectivity index (χ4v) is 4.48. The van der Waals surface area contributed by atoms with Gasteiger partial charge in [0.2, 0.25) is 21.8 Å². The van der Waals surface area contributed by atoms with Gasteiger partial charge in [-0.05, 0) is 48.5 Å². The van der Waals surface area contributed by atoms with Crippen LogP contribution in [-0.4, -0.2) is 55.1 Å². The van der Waals surface area contributed by atoms with E-state index in [2.05, 4.69) is 15.5 Å². The van der Waals surface area contributed by atoms with E-state index in [0.717, 1.165) is 0 Å². The molecule has 1 aliphatic rings. The first-order valence-electron chi connectivity index (χ1n) is 9.33. The second-order valence-electron chi connectivity index (χ2n) is 6.72. The van der Waals surface area contributed by atoms with Crippen LogP contribution in [0.4, 0.5) is 5.69 Å².